The number of hydrogen-bond acceptors (Lipinski definition) is 4. The minimum atomic E-state index is -4.09. The highest BCUT2D eigenvalue weighted by molar-refractivity contribution is 7.92. The van der Waals surface area contributed by atoms with Crippen molar-refractivity contribution >= 4 is 27.5 Å². The molecule has 0 unspecified atom stereocenters. The van der Waals surface area contributed by atoms with Gasteiger partial charge >= 0.3 is 0 Å². The minimum absolute atomic E-state index is 0.0947. The smallest absolute Gasteiger partial charge is 0.264 e. The average molecular weight is 564 g/mol. The molecule has 1 atom stereocenters. The van der Waals surface area contributed by atoms with Gasteiger partial charge in [-0.15, -0.1) is 0 Å². The van der Waals surface area contributed by atoms with Crippen molar-refractivity contribution in [1.82, 2.24) is 10.2 Å². The van der Waals surface area contributed by atoms with Crippen LogP contribution in [0.1, 0.15) is 48.6 Å². The number of anilines is 1. The van der Waals surface area contributed by atoms with Gasteiger partial charge in [0.05, 0.1) is 10.6 Å². The van der Waals surface area contributed by atoms with E-state index >= 15 is 0 Å². The van der Waals surface area contributed by atoms with Crippen LogP contribution in [0.25, 0.3) is 0 Å². The molecule has 3 aromatic carbocycles. The van der Waals surface area contributed by atoms with Crippen molar-refractivity contribution in [2.75, 3.05) is 17.4 Å². The molecule has 0 aromatic heterocycles. The molecule has 2 amide bonds. The molecule has 7 nitrogen and oxygen atoms in total. The summed E-state index contributed by atoms with van der Waals surface area (Å²) in [4.78, 5) is 28.7. The molecule has 0 aliphatic heterocycles. The first-order valence-electron chi connectivity index (χ1n) is 13.6. The molecule has 0 fully saturated rings. The molecule has 40 heavy (non-hydrogen) atoms. The van der Waals surface area contributed by atoms with Crippen LogP contribution in [0, 0.1) is 33.6 Å². The van der Waals surface area contributed by atoms with Gasteiger partial charge in [0.15, 0.2) is 0 Å². The zero-order valence-corrected chi connectivity index (χ0v) is 25.4. The number of nitrogens with one attached hydrogen (secondary N) is 1. The lowest BCUT2D eigenvalue weighted by molar-refractivity contribution is -0.139. The van der Waals surface area contributed by atoms with Crippen molar-refractivity contribution in [2.45, 2.75) is 65.9 Å². The standard InChI is InChI=1S/C32H41N3O4S/c1-22(2)19-33-32(37)27(7)34(20-28-11-9-8-10-25(28)5)31(36)21-35(29-15-14-24(4)26(6)18-29)40(38,39)30-16-12-23(3)13-17-30/h8-18,22,27H,19-21H2,1-7H3,(H,33,37)/t27-/m0/s1. The van der Waals surface area contributed by atoms with E-state index < -0.39 is 28.5 Å². The first-order valence-corrected chi connectivity index (χ1v) is 15.0. The number of benzene rings is 3. The minimum Gasteiger partial charge on any atom is -0.354 e. The number of carbonyl (C=O) groups is 2. The fourth-order valence-electron chi connectivity index (χ4n) is 4.25. The van der Waals surface area contributed by atoms with Gasteiger partial charge in [0.2, 0.25) is 11.8 Å². The third kappa shape index (κ3) is 7.50. The summed E-state index contributed by atoms with van der Waals surface area (Å²) >= 11 is 0. The molecule has 0 aliphatic carbocycles. The second-order valence-electron chi connectivity index (χ2n) is 10.9. The maximum Gasteiger partial charge on any atom is 0.264 e. The molecular weight excluding hydrogens is 522 g/mol. The molecule has 3 aromatic rings. The third-order valence-corrected chi connectivity index (χ3v) is 8.91. The van der Waals surface area contributed by atoms with E-state index in [1.807, 2.05) is 71.9 Å². The summed E-state index contributed by atoms with van der Waals surface area (Å²) in [6, 6.07) is 18.8. The Morgan fingerprint density at radius 1 is 0.825 bits per heavy atom. The number of hydrogen-bond donors (Lipinski definition) is 1. The quantitative estimate of drug-likeness (QED) is 0.343. The summed E-state index contributed by atoms with van der Waals surface area (Å²) in [5.41, 5.74) is 5.11. The largest absolute Gasteiger partial charge is 0.354 e. The molecule has 3 rings (SSSR count). The molecule has 214 valence electrons. The van der Waals surface area contributed by atoms with Crippen molar-refractivity contribution in [3.8, 4) is 0 Å². The molecule has 0 spiro atoms. The number of nitrogens with zero attached hydrogens (tertiary/aromatic N) is 2. The van der Waals surface area contributed by atoms with E-state index in [9.17, 15) is 18.0 Å². The van der Waals surface area contributed by atoms with Gasteiger partial charge in [-0.05, 0) is 87.1 Å². The molecule has 0 radical (unpaired) electrons. The van der Waals surface area contributed by atoms with E-state index in [-0.39, 0.29) is 23.3 Å². The van der Waals surface area contributed by atoms with Crippen LogP contribution in [0.4, 0.5) is 5.69 Å². The summed E-state index contributed by atoms with van der Waals surface area (Å²) in [6.07, 6.45) is 0. The van der Waals surface area contributed by atoms with Gasteiger partial charge in [-0.1, -0.05) is 61.9 Å². The third-order valence-electron chi connectivity index (χ3n) is 7.12. The highest BCUT2D eigenvalue weighted by atomic mass is 32.2. The first kappa shape index (κ1) is 30.9. The monoisotopic (exact) mass is 563 g/mol. The summed E-state index contributed by atoms with van der Waals surface area (Å²) in [7, 11) is -4.09. The highest BCUT2D eigenvalue weighted by Gasteiger charge is 2.32. The van der Waals surface area contributed by atoms with E-state index in [0.717, 1.165) is 32.1 Å². The second-order valence-corrected chi connectivity index (χ2v) is 12.7. The fourth-order valence-corrected chi connectivity index (χ4v) is 5.66. The summed E-state index contributed by atoms with van der Waals surface area (Å²) < 4.78 is 29.1. The van der Waals surface area contributed by atoms with Crippen molar-refractivity contribution in [3.05, 3.63) is 94.5 Å². The van der Waals surface area contributed by atoms with Crippen LogP contribution in [-0.4, -0.2) is 44.3 Å². The second kappa shape index (κ2) is 13.1. The van der Waals surface area contributed by atoms with Crippen LogP contribution in [0.3, 0.4) is 0 Å². The first-order chi connectivity index (χ1) is 18.8. The van der Waals surface area contributed by atoms with Crippen LogP contribution in [0.5, 0.6) is 0 Å². The maximum atomic E-state index is 14.1. The van der Waals surface area contributed by atoms with Crippen LogP contribution >= 0.6 is 0 Å². The lowest BCUT2D eigenvalue weighted by atomic mass is 10.1. The zero-order valence-electron chi connectivity index (χ0n) is 24.6. The Hall–Kier alpha value is -3.65. The number of sulfonamides is 1. The molecule has 0 saturated heterocycles. The van der Waals surface area contributed by atoms with E-state index in [2.05, 4.69) is 5.32 Å². The van der Waals surface area contributed by atoms with Gasteiger partial charge in [0.1, 0.15) is 12.6 Å². The molecular formula is C32H41N3O4S. The van der Waals surface area contributed by atoms with Gasteiger partial charge in [-0.3, -0.25) is 13.9 Å². The predicted molar refractivity (Wildman–Crippen MR) is 161 cm³/mol. The molecule has 0 heterocycles. The number of rotatable bonds is 11. The zero-order chi connectivity index (χ0) is 29.6. The molecule has 0 aliphatic rings. The highest BCUT2D eigenvalue weighted by Crippen LogP contribution is 2.27. The molecule has 8 heteroatoms. The maximum absolute atomic E-state index is 14.1. The lowest BCUT2D eigenvalue weighted by Crippen LogP contribution is -2.51. The van der Waals surface area contributed by atoms with E-state index in [0.29, 0.717) is 12.2 Å². The summed E-state index contributed by atoms with van der Waals surface area (Å²) in [5.74, 6) is -0.504. The SMILES string of the molecule is Cc1ccc(S(=O)(=O)N(CC(=O)N(Cc2ccccc2C)[C@@H](C)C(=O)NCC(C)C)c2ccc(C)c(C)c2)cc1. The van der Waals surface area contributed by atoms with Gasteiger partial charge < -0.3 is 10.2 Å². The van der Waals surface area contributed by atoms with Crippen LogP contribution in [0.15, 0.2) is 71.6 Å². The van der Waals surface area contributed by atoms with Crippen molar-refractivity contribution in [3.63, 3.8) is 0 Å². The summed E-state index contributed by atoms with van der Waals surface area (Å²) in [6.45, 7) is 13.6. The van der Waals surface area contributed by atoms with Crippen LogP contribution in [0.2, 0.25) is 0 Å². The topological polar surface area (TPSA) is 86.8 Å². The number of carbonyl (C=O) groups excluding carboxylic acids is 2. The number of aryl methyl sites for hydroxylation is 4. The summed E-state index contributed by atoms with van der Waals surface area (Å²) in [5, 5.41) is 2.91. The molecule has 0 saturated carbocycles. The van der Waals surface area contributed by atoms with Crippen molar-refractivity contribution in [2.24, 2.45) is 5.92 Å². The Balaban J connectivity index is 2.05. The predicted octanol–water partition coefficient (Wildman–Crippen LogP) is 5.31. The van der Waals surface area contributed by atoms with Gasteiger partial charge in [0.25, 0.3) is 10.0 Å². The lowest BCUT2D eigenvalue weighted by Gasteiger charge is -2.32. The van der Waals surface area contributed by atoms with Crippen LogP contribution < -0.4 is 9.62 Å². The Labute approximate surface area is 239 Å². The Bertz CT molecular complexity index is 1450. The van der Waals surface area contributed by atoms with Crippen LogP contribution in [-0.2, 0) is 26.2 Å². The Morgan fingerprint density at radius 2 is 1.48 bits per heavy atom. The van der Waals surface area contributed by atoms with E-state index in [1.54, 1.807) is 43.3 Å². The molecule has 0 bridgehead atoms. The Morgan fingerprint density at radius 3 is 2.08 bits per heavy atom. The number of amides is 2. The van der Waals surface area contributed by atoms with Gasteiger partial charge in [-0.2, -0.15) is 0 Å². The Kier molecular flexibility index (Phi) is 10.1. The van der Waals surface area contributed by atoms with E-state index in [1.165, 1.54) is 4.90 Å². The average Bonchev–Trinajstić information content (AvgIpc) is 2.91. The van der Waals surface area contributed by atoms with Crippen molar-refractivity contribution in [1.29, 1.82) is 0 Å². The van der Waals surface area contributed by atoms with Gasteiger partial charge in [-0.25, -0.2) is 8.42 Å². The molecule has 1 N–H and O–H groups in total. The fraction of sp³-hybridized carbons (Fsp3) is 0.375. The normalized spacial score (nSPS) is 12.2. The van der Waals surface area contributed by atoms with E-state index in [4.69, 9.17) is 0 Å². The van der Waals surface area contributed by atoms with Gasteiger partial charge in [0, 0.05) is 13.1 Å². The van der Waals surface area contributed by atoms with Crippen molar-refractivity contribution < 1.29 is 18.0 Å².